The Morgan fingerprint density at radius 3 is 2.63 bits per heavy atom. The molecule has 0 aromatic heterocycles. The zero-order valence-electron chi connectivity index (χ0n) is 16.0. The lowest BCUT2D eigenvalue weighted by molar-refractivity contribution is -0.150. The molecule has 0 radical (unpaired) electrons. The molecule has 1 aliphatic heterocycles. The number of carbonyl (C=O) groups is 3. The van der Waals surface area contributed by atoms with E-state index in [4.69, 9.17) is 14.2 Å². The first-order valence-corrected chi connectivity index (χ1v) is 9.27. The van der Waals surface area contributed by atoms with Crippen molar-refractivity contribution in [2.45, 2.75) is 45.8 Å². The third kappa shape index (κ3) is 3.57. The second kappa shape index (κ2) is 7.33. The minimum absolute atomic E-state index is 0.00675. The van der Waals surface area contributed by atoms with Crippen LogP contribution in [0.5, 0.6) is 0 Å². The molecule has 27 heavy (non-hydrogen) atoms. The van der Waals surface area contributed by atoms with E-state index in [9.17, 15) is 14.4 Å². The normalized spacial score (nSPS) is 34.7. The summed E-state index contributed by atoms with van der Waals surface area (Å²) in [6.07, 6.45) is 2.46. The molecule has 3 rings (SSSR count). The smallest absolute Gasteiger partial charge is 0.334 e. The summed E-state index contributed by atoms with van der Waals surface area (Å²) in [7, 11) is 0. The minimum Gasteiger partial charge on any atom is -0.466 e. The third-order valence-corrected chi connectivity index (χ3v) is 5.96. The monoisotopic (exact) mass is 374 g/mol. The quantitative estimate of drug-likeness (QED) is 0.326. The Morgan fingerprint density at radius 2 is 2.00 bits per heavy atom. The topological polar surface area (TPSA) is 78.9 Å². The number of fused-ring (bicyclic) bond motifs is 3. The van der Waals surface area contributed by atoms with E-state index in [1.54, 1.807) is 6.92 Å². The van der Waals surface area contributed by atoms with E-state index < -0.39 is 30.1 Å². The number of hydrogen-bond acceptors (Lipinski definition) is 6. The Balaban J connectivity index is 1.96. The zero-order valence-corrected chi connectivity index (χ0v) is 16.0. The number of hydrogen-bond donors (Lipinski definition) is 0. The Bertz CT molecular complexity index is 733. The van der Waals surface area contributed by atoms with E-state index in [-0.39, 0.29) is 30.3 Å². The number of rotatable bonds is 4. The van der Waals surface area contributed by atoms with Crippen molar-refractivity contribution in [3.63, 3.8) is 0 Å². The lowest BCUT2D eigenvalue weighted by atomic mass is 9.78. The van der Waals surface area contributed by atoms with Gasteiger partial charge < -0.3 is 14.2 Å². The molecule has 3 aliphatic rings. The molecule has 0 bridgehead atoms. The minimum atomic E-state index is -0.572. The predicted molar refractivity (Wildman–Crippen MR) is 97.3 cm³/mol. The molecule has 2 aliphatic carbocycles. The maximum atomic E-state index is 12.2. The number of allylic oxidation sites excluding steroid dienone is 1. The van der Waals surface area contributed by atoms with Crippen molar-refractivity contribution in [3.8, 4) is 0 Å². The van der Waals surface area contributed by atoms with E-state index in [1.807, 2.05) is 6.92 Å². The molecular weight excluding hydrogens is 348 g/mol. The van der Waals surface area contributed by atoms with Gasteiger partial charge in [-0.05, 0) is 32.6 Å². The fourth-order valence-electron chi connectivity index (χ4n) is 4.67. The average molecular weight is 374 g/mol. The van der Waals surface area contributed by atoms with Gasteiger partial charge in [0.15, 0.2) is 0 Å². The van der Waals surface area contributed by atoms with Crippen molar-refractivity contribution < 1.29 is 28.6 Å². The predicted octanol–water partition coefficient (Wildman–Crippen LogP) is 2.74. The largest absolute Gasteiger partial charge is 0.466 e. The van der Waals surface area contributed by atoms with Crippen LogP contribution in [0.1, 0.15) is 33.6 Å². The maximum absolute atomic E-state index is 12.2. The fourth-order valence-corrected chi connectivity index (χ4v) is 4.67. The molecule has 2 fully saturated rings. The maximum Gasteiger partial charge on any atom is 0.334 e. The van der Waals surface area contributed by atoms with Crippen LogP contribution in [0.3, 0.4) is 0 Å². The molecule has 0 N–H and O–H groups in total. The van der Waals surface area contributed by atoms with E-state index in [0.717, 1.165) is 12.0 Å². The van der Waals surface area contributed by atoms with E-state index in [2.05, 4.69) is 19.2 Å². The Kier molecular flexibility index (Phi) is 5.27. The van der Waals surface area contributed by atoms with E-state index in [1.165, 1.54) is 6.92 Å². The summed E-state index contributed by atoms with van der Waals surface area (Å²) < 4.78 is 16.7. The average Bonchev–Trinajstić information content (AvgIpc) is 3.06. The molecule has 1 saturated carbocycles. The summed E-state index contributed by atoms with van der Waals surface area (Å²) in [4.78, 5) is 35.8. The van der Waals surface area contributed by atoms with Crippen LogP contribution in [0.25, 0.3) is 0 Å². The molecule has 4 unspecified atom stereocenters. The van der Waals surface area contributed by atoms with Crippen molar-refractivity contribution in [3.05, 3.63) is 36.0 Å². The molecule has 6 nitrogen and oxygen atoms in total. The van der Waals surface area contributed by atoms with Crippen LogP contribution in [-0.2, 0) is 28.6 Å². The summed E-state index contributed by atoms with van der Waals surface area (Å²) in [6, 6.07) is 0. The molecule has 6 atom stereocenters. The summed E-state index contributed by atoms with van der Waals surface area (Å²) in [5.74, 6) is -1.53. The lowest BCUT2D eigenvalue weighted by Crippen LogP contribution is -2.36. The van der Waals surface area contributed by atoms with E-state index in [0.29, 0.717) is 17.6 Å². The Labute approximate surface area is 159 Å². The van der Waals surface area contributed by atoms with Crippen molar-refractivity contribution in [2.24, 2.45) is 23.7 Å². The summed E-state index contributed by atoms with van der Waals surface area (Å²) in [5, 5.41) is 0. The summed E-state index contributed by atoms with van der Waals surface area (Å²) >= 11 is 0. The second-order valence-electron chi connectivity index (χ2n) is 7.82. The van der Waals surface area contributed by atoms with Crippen LogP contribution in [0, 0.1) is 23.7 Å². The SMILES string of the molecule is C=C(C)C(=O)OC1C[C@H](COC(C)=O)C2CC=C(C)C2C2OC(=O)C(=C)[C@H]12. The standard InChI is InChI=1S/C21H26O6/c1-10(2)20(23)26-16-8-14(9-25-13(5)22)15-7-6-11(3)17(15)19-18(16)12(4)21(24)27-19/h6,14-19H,1,4,7-9H2,2-3,5H3/t14-,15?,16?,17?,18-,19?/m1/s1. The molecule has 6 heteroatoms. The van der Waals surface area contributed by atoms with Gasteiger partial charge in [0, 0.05) is 29.9 Å². The third-order valence-electron chi connectivity index (χ3n) is 5.96. The van der Waals surface area contributed by atoms with Crippen LogP contribution >= 0.6 is 0 Å². The van der Waals surface area contributed by atoms with Crippen LogP contribution < -0.4 is 0 Å². The molecule has 0 spiro atoms. The van der Waals surface area contributed by atoms with Gasteiger partial charge in [0.05, 0.1) is 12.5 Å². The van der Waals surface area contributed by atoms with Crippen molar-refractivity contribution in [2.75, 3.05) is 6.61 Å². The number of ether oxygens (including phenoxy) is 3. The van der Waals surface area contributed by atoms with Gasteiger partial charge in [0.2, 0.25) is 0 Å². The van der Waals surface area contributed by atoms with Gasteiger partial charge >= 0.3 is 17.9 Å². The highest BCUT2D eigenvalue weighted by atomic mass is 16.6. The van der Waals surface area contributed by atoms with E-state index >= 15 is 0 Å². The number of esters is 3. The first kappa shape index (κ1) is 19.4. The van der Waals surface area contributed by atoms with Crippen LogP contribution in [0.2, 0.25) is 0 Å². The first-order valence-electron chi connectivity index (χ1n) is 9.27. The van der Waals surface area contributed by atoms with Crippen molar-refractivity contribution >= 4 is 17.9 Å². The highest BCUT2D eigenvalue weighted by Crippen LogP contribution is 2.51. The number of carbonyl (C=O) groups excluding carboxylic acids is 3. The zero-order chi connectivity index (χ0) is 19.9. The van der Waals surface area contributed by atoms with Crippen molar-refractivity contribution in [1.82, 2.24) is 0 Å². The summed E-state index contributed by atoms with van der Waals surface area (Å²) in [6.45, 7) is 12.8. The highest BCUT2D eigenvalue weighted by molar-refractivity contribution is 5.91. The molecule has 0 amide bonds. The van der Waals surface area contributed by atoms with Gasteiger partial charge in [0.25, 0.3) is 0 Å². The molecule has 0 aromatic carbocycles. The summed E-state index contributed by atoms with van der Waals surface area (Å²) in [5.41, 5.74) is 1.78. The molecular formula is C21H26O6. The lowest BCUT2D eigenvalue weighted by Gasteiger charge is -2.30. The van der Waals surface area contributed by atoms with Crippen LogP contribution in [0.15, 0.2) is 36.0 Å². The van der Waals surface area contributed by atoms with Crippen molar-refractivity contribution in [1.29, 1.82) is 0 Å². The van der Waals surface area contributed by atoms with Gasteiger partial charge in [-0.1, -0.05) is 24.8 Å². The van der Waals surface area contributed by atoms with Gasteiger partial charge in [-0.2, -0.15) is 0 Å². The van der Waals surface area contributed by atoms with Crippen LogP contribution in [-0.4, -0.2) is 36.7 Å². The van der Waals surface area contributed by atoms with Gasteiger partial charge in [0.1, 0.15) is 12.2 Å². The molecule has 1 saturated heterocycles. The fraction of sp³-hybridized carbons (Fsp3) is 0.571. The van der Waals surface area contributed by atoms with Gasteiger partial charge in [-0.3, -0.25) is 4.79 Å². The Hall–Kier alpha value is -2.37. The molecule has 146 valence electrons. The first-order chi connectivity index (χ1) is 12.7. The molecule has 1 heterocycles. The Morgan fingerprint density at radius 1 is 1.30 bits per heavy atom. The van der Waals surface area contributed by atoms with Crippen LogP contribution in [0.4, 0.5) is 0 Å². The molecule has 0 aromatic rings. The highest BCUT2D eigenvalue weighted by Gasteiger charge is 2.56. The van der Waals surface area contributed by atoms with Gasteiger partial charge in [-0.25, -0.2) is 9.59 Å². The van der Waals surface area contributed by atoms with Gasteiger partial charge in [-0.15, -0.1) is 0 Å². The second-order valence-corrected chi connectivity index (χ2v) is 7.82.